The Labute approximate surface area is 116 Å². The molecule has 0 radical (unpaired) electrons. The predicted molar refractivity (Wildman–Crippen MR) is 73.4 cm³/mol. The molecule has 1 atom stereocenters. The molecule has 1 fully saturated rings. The Morgan fingerprint density at radius 2 is 2.35 bits per heavy atom. The van der Waals surface area contributed by atoms with Crippen LogP contribution in [0.25, 0.3) is 0 Å². The van der Waals surface area contributed by atoms with E-state index >= 15 is 0 Å². The summed E-state index contributed by atoms with van der Waals surface area (Å²) in [6.07, 6.45) is 2.02. The quantitative estimate of drug-likeness (QED) is 0.510. The number of carbonyl (C=O) groups is 1. The minimum Gasteiger partial charge on any atom is -0.393 e. The molecule has 1 aromatic rings. The number of nitro groups is 1. The van der Waals surface area contributed by atoms with E-state index in [9.17, 15) is 14.9 Å². The SMILES string of the molecule is CN(CC1CCCO1)C(=O)c1ccc([N+](=O)[O-])c(N)c1. The minimum atomic E-state index is -0.570. The van der Waals surface area contributed by atoms with Crippen molar-refractivity contribution in [3.63, 3.8) is 0 Å². The van der Waals surface area contributed by atoms with E-state index in [0.29, 0.717) is 12.1 Å². The smallest absolute Gasteiger partial charge is 0.292 e. The van der Waals surface area contributed by atoms with Gasteiger partial charge < -0.3 is 15.4 Å². The van der Waals surface area contributed by atoms with Gasteiger partial charge in [0.2, 0.25) is 0 Å². The van der Waals surface area contributed by atoms with Crippen molar-refractivity contribution < 1.29 is 14.5 Å². The van der Waals surface area contributed by atoms with E-state index in [0.717, 1.165) is 19.4 Å². The van der Waals surface area contributed by atoms with Crippen LogP contribution in [0.1, 0.15) is 23.2 Å². The molecule has 1 aliphatic rings. The molecule has 1 heterocycles. The third-order valence-corrected chi connectivity index (χ3v) is 3.32. The van der Waals surface area contributed by atoms with E-state index in [1.54, 1.807) is 11.9 Å². The number of amides is 1. The number of anilines is 1. The van der Waals surface area contributed by atoms with Crippen molar-refractivity contribution in [1.29, 1.82) is 0 Å². The molecule has 1 aliphatic heterocycles. The number of likely N-dealkylation sites (N-methyl/N-ethyl adjacent to an activating group) is 1. The Bertz CT molecular complexity index is 526. The molecule has 2 N–H and O–H groups in total. The summed E-state index contributed by atoms with van der Waals surface area (Å²) in [6.45, 7) is 1.24. The number of nitrogens with zero attached hydrogens (tertiary/aromatic N) is 2. The molecular formula is C13H17N3O4. The Morgan fingerprint density at radius 1 is 1.60 bits per heavy atom. The number of ether oxygens (including phenoxy) is 1. The van der Waals surface area contributed by atoms with Gasteiger partial charge in [-0.15, -0.1) is 0 Å². The summed E-state index contributed by atoms with van der Waals surface area (Å²) in [6, 6.07) is 4.01. The zero-order valence-electron chi connectivity index (χ0n) is 11.2. The van der Waals surface area contributed by atoms with E-state index in [-0.39, 0.29) is 23.4 Å². The van der Waals surface area contributed by atoms with E-state index in [4.69, 9.17) is 10.5 Å². The standard InChI is InChI=1S/C13H17N3O4/c1-15(8-10-3-2-6-20-10)13(17)9-4-5-12(16(18)19)11(14)7-9/h4-5,7,10H,2-3,6,8,14H2,1H3. The Morgan fingerprint density at radius 3 is 2.90 bits per heavy atom. The van der Waals surface area contributed by atoms with Gasteiger partial charge in [0.15, 0.2) is 0 Å². The van der Waals surface area contributed by atoms with Gasteiger partial charge in [-0.25, -0.2) is 0 Å². The average Bonchev–Trinajstić information content (AvgIpc) is 2.90. The highest BCUT2D eigenvalue weighted by atomic mass is 16.6. The molecule has 108 valence electrons. The minimum absolute atomic E-state index is 0.00799. The topological polar surface area (TPSA) is 98.7 Å². The van der Waals surface area contributed by atoms with Gasteiger partial charge in [0.25, 0.3) is 11.6 Å². The Kier molecular flexibility index (Phi) is 4.19. The molecule has 2 rings (SSSR count). The first-order chi connectivity index (χ1) is 9.49. The highest BCUT2D eigenvalue weighted by Gasteiger charge is 2.22. The van der Waals surface area contributed by atoms with Gasteiger partial charge in [0, 0.05) is 31.8 Å². The van der Waals surface area contributed by atoms with Crippen LogP contribution < -0.4 is 5.73 Å². The van der Waals surface area contributed by atoms with E-state index in [1.165, 1.54) is 18.2 Å². The van der Waals surface area contributed by atoms with Crippen LogP contribution in [0.3, 0.4) is 0 Å². The van der Waals surface area contributed by atoms with Crippen molar-refractivity contribution in [3.8, 4) is 0 Å². The summed E-state index contributed by atoms with van der Waals surface area (Å²) in [4.78, 5) is 23.9. The summed E-state index contributed by atoms with van der Waals surface area (Å²) < 4.78 is 5.48. The maximum absolute atomic E-state index is 12.2. The zero-order valence-corrected chi connectivity index (χ0v) is 11.2. The first kappa shape index (κ1) is 14.3. The lowest BCUT2D eigenvalue weighted by atomic mass is 10.1. The fourth-order valence-electron chi connectivity index (χ4n) is 2.25. The van der Waals surface area contributed by atoms with Crippen molar-refractivity contribution in [1.82, 2.24) is 4.90 Å². The van der Waals surface area contributed by atoms with Crippen molar-refractivity contribution >= 4 is 17.3 Å². The third-order valence-electron chi connectivity index (χ3n) is 3.32. The average molecular weight is 279 g/mol. The summed E-state index contributed by atoms with van der Waals surface area (Å²) >= 11 is 0. The van der Waals surface area contributed by atoms with Crippen LogP contribution in [0.2, 0.25) is 0 Å². The largest absolute Gasteiger partial charge is 0.393 e. The lowest BCUT2D eigenvalue weighted by molar-refractivity contribution is -0.383. The van der Waals surface area contributed by atoms with E-state index < -0.39 is 4.92 Å². The molecule has 1 aromatic carbocycles. The molecule has 1 unspecified atom stereocenters. The van der Waals surface area contributed by atoms with Crippen LogP contribution in [0.15, 0.2) is 18.2 Å². The summed E-state index contributed by atoms with van der Waals surface area (Å²) in [7, 11) is 1.68. The highest BCUT2D eigenvalue weighted by molar-refractivity contribution is 5.95. The Hall–Kier alpha value is -2.15. The monoisotopic (exact) mass is 279 g/mol. The van der Waals surface area contributed by atoms with Gasteiger partial charge >= 0.3 is 0 Å². The van der Waals surface area contributed by atoms with Crippen molar-refractivity contribution in [2.45, 2.75) is 18.9 Å². The number of nitro benzene ring substituents is 1. The molecule has 1 saturated heterocycles. The van der Waals surface area contributed by atoms with Crippen molar-refractivity contribution in [3.05, 3.63) is 33.9 Å². The molecule has 7 heteroatoms. The molecule has 1 amide bonds. The molecule has 0 bridgehead atoms. The van der Waals surface area contributed by atoms with Gasteiger partial charge in [0.1, 0.15) is 5.69 Å². The molecular weight excluding hydrogens is 262 g/mol. The van der Waals surface area contributed by atoms with Crippen molar-refractivity contribution in [2.75, 3.05) is 25.9 Å². The number of benzene rings is 1. The summed E-state index contributed by atoms with van der Waals surface area (Å²) in [5.41, 5.74) is 5.73. The van der Waals surface area contributed by atoms with Crippen LogP contribution >= 0.6 is 0 Å². The van der Waals surface area contributed by atoms with Gasteiger partial charge in [-0.3, -0.25) is 14.9 Å². The number of carbonyl (C=O) groups excluding carboxylic acids is 1. The lowest BCUT2D eigenvalue weighted by Crippen LogP contribution is -2.34. The molecule has 7 nitrogen and oxygen atoms in total. The number of hydrogen-bond acceptors (Lipinski definition) is 5. The molecule has 0 spiro atoms. The molecule has 0 aliphatic carbocycles. The van der Waals surface area contributed by atoms with Gasteiger partial charge in [-0.2, -0.15) is 0 Å². The van der Waals surface area contributed by atoms with Crippen LogP contribution in [0.5, 0.6) is 0 Å². The van der Waals surface area contributed by atoms with Crippen LogP contribution in [0.4, 0.5) is 11.4 Å². The first-order valence-corrected chi connectivity index (χ1v) is 6.40. The fraction of sp³-hybridized carbons (Fsp3) is 0.462. The van der Waals surface area contributed by atoms with E-state index in [1.807, 2.05) is 0 Å². The van der Waals surface area contributed by atoms with Crippen molar-refractivity contribution in [2.24, 2.45) is 0 Å². The first-order valence-electron chi connectivity index (χ1n) is 6.40. The second kappa shape index (κ2) is 5.87. The van der Waals surface area contributed by atoms with Crippen LogP contribution in [-0.4, -0.2) is 42.0 Å². The van der Waals surface area contributed by atoms with E-state index in [2.05, 4.69) is 0 Å². The molecule has 0 saturated carbocycles. The number of rotatable bonds is 4. The number of nitrogen functional groups attached to an aromatic ring is 1. The second-order valence-electron chi connectivity index (χ2n) is 4.85. The molecule has 0 aromatic heterocycles. The normalized spacial score (nSPS) is 17.9. The number of nitrogens with two attached hydrogens (primary N) is 1. The second-order valence-corrected chi connectivity index (χ2v) is 4.85. The van der Waals surface area contributed by atoms with Crippen LogP contribution in [-0.2, 0) is 4.74 Å². The lowest BCUT2D eigenvalue weighted by Gasteiger charge is -2.21. The van der Waals surface area contributed by atoms with Gasteiger partial charge in [0.05, 0.1) is 11.0 Å². The van der Waals surface area contributed by atoms with Gasteiger partial charge in [-0.05, 0) is 25.0 Å². The fourth-order valence-corrected chi connectivity index (χ4v) is 2.25. The predicted octanol–water partition coefficient (Wildman–Crippen LogP) is 1.43. The highest BCUT2D eigenvalue weighted by Crippen LogP contribution is 2.23. The maximum atomic E-state index is 12.2. The van der Waals surface area contributed by atoms with Crippen LogP contribution in [0, 0.1) is 10.1 Å². The van der Waals surface area contributed by atoms with Gasteiger partial charge in [-0.1, -0.05) is 0 Å². The third kappa shape index (κ3) is 3.05. The maximum Gasteiger partial charge on any atom is 0.292 e. The molecule has 20 heavy (non-hydrogen) atoms. The number of hydrogen-bond donors (Lipinski definition) is 1. The Balaban J connectivity index is 2.08. The summed E-state index contributed by atoms with van der Waals surface area (Å²) in [5.74, 6) is -0.220. The zero-order chi connectivity index (χ0) is 14.7. The summed E-state index contributed by atoms with van der Waals surface area (Å²) in [5, 5.41) is 10.7.